The summed E-state index contributed by atoms with van der Waals surface area (Å²) in [5.74, 6) is 0.573. The van der Waals surface area contributed by atoms with E-state index in [2.05, 4.69) is 193 Å². The first kappa shape index (κ1) is 44.2. The van der Waals surface area contributed by atoms with Gasteiger partial charge in [0.2, 0.25) is 0 Å². The molecule has 2 aromatic heterocycles. The van der Waals surface area contributed by atoms with Crippen LogP contribution >= 0.6 is 0 Å². The number of hydrogen-bond donors (Lipinski definition) is 1. The molecule has 0 aliphatic carbocycles. The smallest absolute Gasteiger partial charge is 0.149 e. The molecule has 0 aliphatic rings. The summed E-state index contributed by atoms with van der Waals surface area (Å²) in [4.78, 5) is 10.5. The number of rotatable bonds is 7. The third-order valence-electron chi connectivity index (χ3n) is 13.7. The van der Waals surface area contributed by atoms with Gasteiger partial charge in [-0.15, -0.1) is 0 Å². The molecule has 7 aromatic carbocycles. The normalized spacial score (nSPS) is 13.3. The Morgan fingerprint density at radius 3 is 1.80 bits per heavy atom. The lowest BCUT2D eigenvalue weighted by atomic mass is 9.78. The number of aryl methyl sites for hydroxylation is 2. The Balaban J connectivity index is 1.36. The molecule has 9 rings (SSSR count). The topological polar surface area (TPSA) is 50.9 Å². The fourth-order valence-electron chi connectivity index (χ4n) is 9.68. The SMILES string of the molecule is [2H]C([2H])([2H])c1cc(-c2c(-c3ccccc3)cccc2C(C)(C)C)ccc1-n1c(-c2cc(C(C)(C)C)cc(C(C)(C)C)c2O)nc2c(-c3cc(-c4cc(-c5ccc(C)cc5)ccn4)cc(C(C)(C)C)c3)cccc21. The van der Waals surface area contributed by atoms with Crippen LogP contribution in [0.4, 0.5) is 0 Å². The number of aromatic nitrogens is 3. The molecule has 0 atom stereocenters. The zero-order chi connectivity index (χ0) is 52.6. The van der Waals surface area contributed by atoms with E-state index in [1.807, 2.05) is 59.3 Å². The maximum atomic E-state index is 12.7. The molecule has 0 saturated heterocycles. The average Bonchev–Trinajstić information content (AvgIpc) is 3.72. The van der Waals surface area contributed by atoms with E-state index in [4.69, 9.17) is 9.97 Å². The van der Waals surface area contributed by atoms with Crippen molar-refractivity contribution in [2.45, 2.75) is 119 Å². The van der Waals surface area contributed by atoms with Gasteiger partial charge in [0.05, 0.1) is 28.0 Å². The molecule has 0 aliphatic heterocycles. The quantitative estimate of drug-likeness (QED) is 0.173. The van der Waals surface area contributed by atoms with Crippen molar-refractivity contribution in [3.05, 3.63) is 191 Å². The summed E-state index contributed by atoms with van der Waals surface area (Å²) in [5.41, 5.74) is 16.4. The third kappa shape index (κ3) is 9.25. The van der Waals surface area contributed by atoms with E-state index >= 15 is 0 Å². The number of aromatic hydroxyl groups is 1. The summed E-state index contributed by atoms with van der Waals surface area (Å²) in [6.07, 6.45) is 1.88. The second-order valence-electron chi connectivity index (χ2n) is 23.3. The molecule has 0 spiro atoms. The molecule has 0 unspecified atom stereocenters. The largest absolute Gasteiger partial charge is 0.507 e. The van der Waals surface area contributed by atoms with Gasteiger partial charge in [-0.25, -0.2) is 4.98 Å². The van der Waals surface area contributed by atoms with Gasteiger partial charge in [0, 0.05) is 27.0 Å². The summed E-state index contributed by atoms with van der Waals surface area (Å²) in [6.45, 7) is 25.6. The van der Waals surface area contributed by atoms with Gasteiger partial charge in [0.1, 0.15) is 11.6 Å². The number of imidazole rings is 1. The summed E-state index contributed by atoms with van der Waals surface area (Å²) in [6, 6.07) is 52.3. The fraction of sp³-hybridized carbons (Fsp3) is 0.273. The summed E-state index contributed by atoms with van der Waals surface area (Å²) < 4.78 is 29.9. The van der Waals surface area contributed by atoms with Gasteiger partial charge in [-0.1, -0.05) is 192 Å². The monoisotopic (exact) mass is 923 g/mol. The van der Waals surface area contributed by atoms with Crippen LogP contribution in [0.15, 0.2) is 158 Å². The molecular formula is C66H69N3O. The second-order valence-corrected chi connectivity index (χ2v) is 23.3. The lowest BCUT2D eigenvalue weighted by Crippen LogP contribution is -2.17. The number of para-hydroxylation sites is 1. The molecule has 0 fully saturated rings. The van der Waals surface area contributed by atoms with Crippen LogP contribution in [0.25, 0.3) is 83.9 Å². The van der Waals surface area contributed by atoms with Crippen molar-refractivity contribution in [2.24, 2.45) is 0 Å². The highest BCUT2D eigenvalue weighted by molar-refractivity contribution is 5.97. The maximum Gasteiger partial charge on any atom is 0.149 e. The van der Waals surface area contributed by atoms with Crippen molar-refractivity contribution in [3.8, 4) is 78.6 Å². The average molecular weight is 923 g/mol. The minimum atomic E-state index is -2.55. The lowest BCUT2D eigenvalue weighted by Gasteiger charge is -2.28. The van der Waals surface area contributed by atoms with Crippen LogP contribution in [-0.4, -0.2) is 19.6 Å². The van der Waals surface area contributed by atoms with Gasteiger partial charge in [0.15, 0.2) is 0 Å². The Hall–Kier alpha value is -7.04. The van der Waals surface area contributed by atoms with Crippen LogP contribution in [0.3, 0.4) is 0 Å². The number of phenolic OH excluding ortho intramolecular Hbond substituents is 1. The first-order valence-corrected chi connectivity index (χ1v) is 24.6. The van der Waals surface area contributed by atoms with Crippen LogP contribution < -0.4 is 0 Å². The highest BCUT2D eigenvalue weighted by atomic mass is 16.3. The van der Waals surface area contributed by atoms with E-state index in [9.17, 15) is 9.22 Å². The molecule has 4 nitrogen and oxygen atoms in total. The highest BCUT2D eigenvalue weighted by Crippen LogP contribution is 2.47. The zero-order valence-corrected chi connectivity index (χ0v) is 43.3. The van der Waals surface area contributed by atoms with E-state index in [1.165, 1.54) is 5.56 Å². The van der Waals surface area contributed by atoms with Gasteiger partial charge in [-0.2, -0.15) is 0 Å². The molecule has 0 amide bonds. The number of benzene rings is 7. The summed E-state index contributed by atoms with van der Waals surface area (Å²) in [7, 11) is 0. The lowest BCUT2D eigenvalue weighted by molar-refractivity contribution is 0.446. The molecule has 4 heteroatoms. The van der Waals surface area contributed by atoms with Crippen molar-refractivity contribution in [3.63, 3.8) is 0 Å². The van der Waals surface area contributed by atoms with Crippen molar-refractivity contribution in [1.29, 1.82) is 0 Å². The molecule has 1 N–H and O–H groups in total. The van der Waals surface area contributed by atoms with Crippen molar-refractivity contribution in [1.82, 2.24) is 14.5 Å². The molecular weight excluding hydrogens is 851 g/mol. The molecule has 70 heavy (non-hydrogen) atoms. The highest BCUT2D eigenvalue weighted by Gasteiger charge is 2.30. The molecule has 9 aromatic rings. The van der Waals surface area contributed by atoms with E-state index in [0.29, 0.717) is 28.1 Å². The maximum absolute atomic E-state index is 12.7. The standard InChI is InChI=1S/C66H69N3O/c1-41-26-28-43(29-27-41)45-32-33-67-56(38-45)48-35-47(36-49(37-48)63(3,4)5)52-23-19-25-58-60(52)68-62(53-39-50(64(6,7)8)40-55(61(53)70)66(12,13)14)69(58)57-31-30-46(34-42(57)2)59-51(44-20-16-15-17-21-44)22-18-24-54(59)65(9,10)11/h15-40,70H,1-14H3/i2D3. The molecule has 2 heterocycles. The Morgan fingerprint density at radius 1 is 0.486 bits per heavy atom. The van der Waals surface area contributed by atoms with Crippen LogP contribution in [0.5, 0.6) is 5.75 Å². The van der Waals surface area contributed by atoms with Crippen LogP contribution in [0.2, 0.25) is 0 Å². The minimum Gasteiger partial charge on any atom is -0.507 e. The van der Waals surface area contributed by atoms with Gasteiger partial charge >= 0.3 is 0 Å². The molecule has 354 valence electrons. The molecule has 0 saturated carbocycles. The third-order valence-corrected chi connectivity index (χ3v) is 13.7. The van der Waals surface area contributed by atoms with Crippen LogP contribution in [0, 0.1) is 13.8 Å². The Morgan fingerprint density at radius 2 is 1.13 bits per heavy atom. The second kappa shape index (κ2) is 17.7. The van der Waals surface area contributed by atoms with Crippen molar-refractivity contribution in [2.75, 3.05) is 0 Å². The van der Waals surface area contributed by atoms with Gasteiger partial charge < -0.3 is 5.11 Å². The predicted molar refractivity (Wildman–Crippen MR) is 297 cm³/mol. The number of hydrogen-bond acceptors (Lipinski definition) is 3. The summed E-state index contributed by atoms with van der Waals surface area (Å²) >= 11 is 0. The van der Waals surface area contributed by atoms with Crippen LogP contribution in [0.1, 0.15) is 121 Å². The Labute approximate surface area is 421 Å². The molecule has 0 bridgehead atoms. The zero-order valence-electron chi connectivity index (χ0n) is 46.3. The predicted octanol–water partition coefficient (Wildman–Crippen LogP) is 17.9. The Bertz CT molecular complexity index is 3540. The van der Waals surface area contributed by atoms with Crippen molar-refractivity contribution < 1.29 is 9.22 Å². The van der Waals surface area contributed by atoms with Gasteiger partial charge in [-0.3, -0.25) is 9.55 Å². The van der Waals surface area contributed by atoms with Crippen LogP contribution in [-0.2, 0) is 21.7 Å². The van der Waals surface area contributed by atoms with E-state index in [-0.39, 0.29) is 27.6 Å². The van der Waals surface area contributed by atoms with Gasteiger partial charge in [-0.05, 0) is 145 Å². The van der Waals surface area contributed by atoms with E-state index in [0.717, 1.165) is 78.0 Å². The first-order valence-electron chi connectivity index (χ1n) is 26.1. The molecule has 0 radical (unpaired) electrons. The first-order chi connectivity index (χ1) is 34.2. The Kier molecular flexibility index (Phi) is 11.2. The number of fused-ring (bicyclic) bond motifs is 1. The fourth-order valence-corrected chi connectivity index (χ4v) is 9.68. The van der Waals surface area contributed by atoms with E-state index < -0.39 is 12.3 Å². The van der Waals surface area contributed by atoms with E-state index in [1.54, 1.807) is 0 Å². The number of phenols is 1. The number of nitrogens with zero attached hydrogens (tertiary/aromatic N) is 3. The minimum absolute atomic E-state index is 0.119. The summed E-state index contributed by atoms with van der Waals surface area (Å²) in [5, 5.41) is 12.7. The number of pyridine rings is 1. The van der Waals surface area contributed by atoms with Crippen molar-refractivity contribution >= 4 is 11.0 Å². The van der Waals surface area contributed by atoms with Gasteiger partial charge in [0.25, 0.3) is 0 Å².